The second-order valence-electron chi connectivity index (χ2n) is 6.07. The molecular weight excluding hydrogens is 384 g/mol. The number of oxazole rings is 1. The van der Waals surface area contributed by atoms with Gasteiger partial charge in [-0.2, -0.15) is 0 Å². The van der Waals surface area contributed by atoms with Gasteiger partial charge in [-0.05, 0) is 66.6 Å². The molecule has 0 atom stereocenters. The van der Waals surface area contributed by atoms with Crippen LogP contribution in [0, 0.1) is 6.92 Å². The van der Waals surface area contributed by atoms with Gasteiger partial charge in [-0.15, -0.1) is 0 Å². The molecule has 0 fully saturated rings. The first kappa shape index (κ1) is 18.6. The van der Waals surface area contributed by atoms with Crippen molar-refractivity contribution in [2.75, 3.05) is 0 Å². The van der Waals surface area contributed by atoms with E-state index in [9.17, 15) is 0 Å². The first-order chi connectivity index (χ1) is 13.8. The number of thioether (sulfide) groups is 2. The molecular formula is C23H18N2OS2. The lowest BCUT2D eigenvalue weighted by Crippen LogP contribution is -1.86. The fraction of sp³-hybridized carbons (Fsp3) is 0.0435. The Balaban J connectivity index is 1.59. The van der Waals surface area contributed by atoms with Crippen molar-refractivity contribution in [2.45, 2.75) is 17.0 Å². The summed E-state index contributed by atoms with van der Waals surface area (Å²) < 4.78 is 5.85. The zero-order valence-electron chi connectivity index (χ0n) is 15.3. The molecule has 0 saturated carbocycles. The lowest BCUT2D eigenvalue weighted by molar-refractivity contribution is 0.491. The van der Waals surface area contributed by atoms with Crippen molar-refractivity contribution in [2.24, 2.45) is 4.99 Å². The number of hydrogen-bond acceptors (Lipinski definition) is 5. The van der Waals surface area contributed by atoms with Gasteiger partial charge in [0, 0.05) is 4.90 Å². The average Bonchev–Trinajstić information content (AvgIpc) is 3.13. The van der Waals surface area contributed by atoms with Crippen molar-refractivity contribution in [3.8, 4) is 0 Å². The molecule has 4 aromatic rings. The van der Waals surface area contributed by atoms with Gasteiger partial charge in [0.1, 0.15) is 10.6 Å². The first-order valence-corrected chi connectivity index (χ1v) is 10.5. The van der Waals surface area contributed by atoms with E-state index in [0.717, 1.165) is 21.8 Å². The van der Waals surface area contributed by atoms with Crippen LogP contribution in [0.15, 0.2) is 110 Å². The Labute approximate surface area is 172 Å². The zero-order chi connectivity index (χ0) is 19.2. The molecule has 0 unspecified atom stereocenters. The number of aromatic nitrogens is 1. The molecule has 0 radical (unpaired) electrons. The lowest BCUT2D eigenvalue weighted by Gasteiger charge is -2.00. The number of para-hydroxylation sites is 2. The highest BCUT2D eigenvalue weighted by Crippen LogP contribution is 2.28. The highest BCUT2D eigenvalue weighted by atomic mass is 32.2. The van der Waals surface area contributed by atoms with E-state index in [1.165, 1.54) is 22.2 Å². The largest absolute Gasteiger partial charge is 0.431 e. The minimum Gasteiger partial charge on any atom is -0.431 e. The fourth-order valence-corrected chi connectivity index (χ4v) is 3.99. The SMILES string of the molecule is Cc1ccc(N=C(C=CSc2ccccc2)Sc2nc3ccccc3o2)cc1. The predicted octanol–water partition coefficient (Wildman–Crippen LogP) is 7.26. The van der Waals surface area contributed by atoms with Crippen LogP contribution in [0.25, 0.3) is 11.1 Å². The summed E-state index contributed by atoms with van der Waals surface area (Å²) >= 11 is 3.07. The Morgan fingerprint density at radius 1 is 0.929 bits per heavy atom. The third-order valence-corrected chi connectivity index (χ3v) is 5.50. The Morgan fingerprint density at radius 2 is 1.68 bits per heavy atom. The van der Waals surface area contributed by atoms with Crippen molar-refractivity contribution >= 4 is 45.4 Å². The van der Waals surface area contributed by atoms with Crippen LogP contribution in [-0.4, -0.2) is 10.0 Å². The normalized spacial score (nSPS) is 12.1. The van der Waals surface area contributed by atoms with Gasteiger partial charge in [0.05, 0.1) is 5.69 Å². The van der Waals surface area contributed by atoms with Gasteiger partial charge in [-0.25, -0.2) is 9.98 Å². The van der Waals surface area contributed by atoms with Crippen LogP contribution >= 0.6 is 23.5 Å². The third kappa shape index (κ3) is 4.94. The Kier molecular flexibility index (Phi) is 5.95. The number of rotatable bonds is 5. The standard InChI is InChI=1S/C23H18N2OS2/c1-17-11-13-18(14-12-17)24-22(15-16-27-19-7-3-2-4-8-19)28-23-25-20-9-5-6-10-21(20)26-23/h2-16H,1H3. The minimum atomic E-state index is 0.585. The molecule has 138 valence electrons. The summed E-state index contributed by atoms with van der Waals surface area (Å²) in [5, 5.41) is 3.44. The summed E-state index contributed by atoms with van der Waals surface area (Å²) in [6.07, 6.45) is 2.00. The van der Waals surface area contributed by atoms with Crippen LogP contribution in [0.4, 0.5) is 5.69 Å². The second kappa shape index (κ2) is 8.95. The smallest absolute Gasteiger partial charge is 0.263 e. The van der Waals surface area contributed by atoms with E-state index >= 15 is 0 Å². The lowest BCUT2D eigenvalue weighted by atomic mass is 10.2. The molecule has 0 N–H and O–H groups in total. The Hall–Kier alpha value is -2.76. The van der Waals surface area contributed by atoms with Crippen LogP contribution in [0.1, 0.15) is 5.56 Å². The molecule has 5 heteroatoms. The molecule has 0 amide bonds. The summed E-state index contributed by atoms with van der Waals surface area (Å²) in [6.45, 7) is 2.07. The van der Waals surface area contributed by atoms with Gasteiger partial charge in [-0.1, -0.05) is 59.8 Å². The van der Waals surface area contributed by atoms with Crippen LogP contribution in [0.3, 0.4) is 0 Å². The molecule has 0 saturated heterocycles. The maximum atomic E-state index is 5.85. The van der Waals surface area contributed by atoms with Crippen LogP contribution < -0.4 is 0 Å². The highest BCUT2D eigenvalue weighted by molar-refractivity contribution is 8.14. The van der Waals surface area contributed by atoms with Crippen LogP contribution in [-0.2, 0) is 0 Å². The molecule has 1 aromatic heterocycles. The van der Waals surface area contributed by atoms with Gasteiger partial charge in [0.2, 0.25) is 0 Å². The molecule has 0 aliphatic carbocycles. The molecule has 0 aliphatic rings. The molecule has 0 bridgehead atoms. The van der Waals surface area contributed by atoms with Gasteiger partial charge in [0.25, 0.3) is 5.22 Å². The second-order valence-corrected chi connectivity index (χ2v) is 8.02. The van der Waals surface area contributed by atoms with Crippen molar-refractivity contribution in [1.82, 2.24) is 4.98 Å². The van der Waals surface area contributed by atoms with E-state index < -0.39 is 0 Å². The molecule has 4 rings (SSSR count). The number of benzene rings is 3. The first-order valence-electron chi connectivity index (χ1n) is 8.83. The summed E-state index contributed by atoms with van der Waals surface area (Å²) in [5.74, 6) is 0. The number of nitrogens with zero attached hydrogens (tertiary/aromatic N) is 2. The van der Waals surface area contributed by atoms with E-state index in [1.54, 1.807) is 11.8 Å². The topological polar surface area (TPSA) is 38.4 Å². The van der Waals surface area contributed by atoms with Gasteiger partial charge in [0.15, 0.2) is 5.58 Å². The number of hydrogen-bond donors (Lipinski definition) is 0. The zero-order valence-corrected chi connectivity index (χ0v) is 16.9. The highest BCUT2D eigenvalue weighted by Gasteiger charge is 2.09. The van der Waals surface area contributed by atoms with E-state index in [-0.39, 0.29) is 0 Å². The molecule has 3 nitrogen and oxygen atoms in total. The van der Waals surface area contributed by atoms with Gasteiger partial charge >= 0.3 is 0 Å². The summed E-state index contributed by atoms with van der Waals surface area (Å²) in [4.78, 5) is 10.5. The van der Waals surface area contributed by atoms with Crippen molar-refractivity contribution < 1.29 is 4.42 Å². The number of aliphatic imine (C=N–C) groups is 1. The molecule has 1 heterocycles. The van der Waals surface area contributed by atoms with Gasteiger partial charge in [-0.3, -0.25) is 0 Å². The molecule has 3 aromatic carbocycles. The maximum absolute atomic E-state index is 5.85. The van der Waals surface area contributed by atoms with Crippen molar-refractivity contribution in [1.29, 1.82) is 0 Å². The predicted molar refractivity (Wildman–Crippen MR) is 120 cm³/mol. The monoisotopic (exact) mass is 402 g/mol. The minimum absolute atomic E-state index is 0.585. The third-order valence-electron chi connectivity index (χ3n) is 3.90. The van der Waals surface area contributed by atoms with Crippen LogP contribution in [0.2, 0.25) is 0 Å². The Morgan fingerprint density at radius 3 is 2.46 bits per heavy atom. The summed E-state index contributed by atoms with van der Waals surface area (Å²) in [6, 6.07) is 26.2. The summed E-state index contributed by atoms with van der Waals surface area (Å²) in [5.41, 5.74) is 3.74. The molecule has 0 spiro atoms. The van der Waals surface area contributed by atoms with E-state index in [1.807, 2.05) is 66.1 Å². The van der Waals surface area contributed by atoms with Gasteiger partial charge < -0.3 is 4.42 Å². The van der Waals surface area contributed by atoms with E-state index in [0.29, 0.717) is 5.22 Å². The molecule has 0 aliphatic heterocycles. The number of fused-ring (bicyclic) bond motifs is 1. The number of aryl methyl sites for hydroxylation is 1. The van der Waals surface area contributed by atoms with Crippen molar-refractivity contribution in [3.63, 3.8) is 0 Å². The summed E-state index contributed by atoms with van der Waals surface area (Å²) in [7, 11) is 0. The van der Waals surface area contributed by atoms with E-state index in [2.05, 4.69) is 36.2 Å². The average molecular weight is 403 g/mol. The van der Waals surface area contributed by atoms with E-state index in [4.69, 9.17) is 9.41 Å². The fourth-order valence-electron chi connectivity index (χ4n) is 2.49. The Bertz CT molecular complexity index is 1080. The van der Waals surface area contributed by atoms with Crippen molar-refractivity contribution in [3.05, 3.63) is 95.9 Å². The molecule has 28 heavy (non-hydrogen) atoms. The maximum Gasteiger partial charge on any atom is 0.263 e. The van der Waals surface area contributed by atoms with Crippen LogP contribution in [0.5, 0.6) is 0 Å². The quantitative estimate of drug-likeness (QED) is 0.200.